The SMILES string of the molecule is CC=CCOc1ccc2cc(CCc3ccc(C4CCC(/C=C/CCC)CC4)cc3)ccc2c1. The second-order valence-electron chi connectivity index (χ2n) is 9.79. The Kier molecular flexibility index (Phi) is 9.02. The third kappa shape index (κ3) is 6.86. The summed E-state index contributed by atoms with van der Waals surface area (Å²) in [6, 6.07) is 22.7. The van der Waals surface area contributed by atoms with Gasteiger partial charge in [0.2, 0.25) is 0 Å². The summed E-state index contributed by atoms with van der Waals surface area (Å²) >= 11 is 0. The van der Waals surface area contributed by atoms with E-state index in [0.717, 1.165) is 30.4 Å². The maximum Gasteiger partial charge on any atom is 0.120 e. The van der Waals surface area contributed by atoms with Gasteiger partial charge in [-0.25, -0.2) is 0 Å². The Labute approximate surface area is 206 Å². The highest BCUT2D eigenvalue weighted by Gasteiger charge is 2.20. The Morgan fingerprint density at radius 3 is 2.26 bits per heavy atom. The lowest BCUT2D eigenvalue weighted by atomic mass is 9.78. The first-order valence-electron chi connectivity index (χ1n) is 13.3. The topological polar surface area (TPSA) is 9.23 Å². The van der Waals surface area contributed by atoms with Crippen molar-refractivity contribution in [2.24, 2.45) is 5.92 Å². The van der Waals surface area contributed by atoms with Crippen molar-refractivity contribution in [2.75, 3.05) is 6.61 Å². The summed E-state index contributed by atoms with van der Waals surface area (Å²) in [5, 5.41) is 2.52. The van der Waals surface area contributed by atoms with Crippen LogP contribution in [0, 0.1) is 5.92 Å². The highest BCUT2D eigenvalue weighted by molar-refractivity contribution is 5.84. The molecule has 0 aromatic heterocycles. The molecule has 4 rings (SSSR count). The Hall–Kier alpha value is -2.80. The number of rotatable bonds is 10. The number of fused-ring (bicyclic) bond motifs is 1. The summed E-state index contributed by atoms with van der Waals surface area (Å²) in [6.07, 6.45) is 18.9. The van der Waals surface area contributed by atoms with Crippen molar-refractivity contribution in [1.82, 2.24) is 0 Å². The minimum atomic E-state index is 0.622. The standard InChI is InChI=1S/C33H40O/c1-3-5-7-8-26-11-16-29(17-12-26)30-18-13-27(14-19-30)9-10-28-15-20-32-25-33(34-23-6-4-2)22-21-31(32)24-28/h4,6-8,13-15,18-22,24-26,29H,3,5,9-12,16-17,23H2,1-2H3/b6-4?,8-7+. The fourth-order valence-electron chi connectivity index (χ4n) is 5.10. The van der Waals surface area contributed by atoms with Crippen LogP contribution in [0.4, 0.5) is 0 Å². The van der Waals surface area contributed by atoms with Crippen LogP contribution in [0.15, 0.2) is 85.0 Å². The molecule has 1 fully saturated rings. The zero-order chi connectivity index (χ0) is 23.6. The van der Waals surface area contributed by atoms with E-state index in [4.69, 9.17) is 4.74 Å². The third-order valence-electron chi connectivity index (χ3n) is 7.25. The predicted molar refractivity (Wildman–Crippen MR) is 147 cm³/mol. The monoisotopic (exact) mass is 452 g/mol. The molecule has 3 aromatic rings. The predicted octanol–water partition coefficient (Wildman–Crippen LogP) is 9.21. The van der Waals surface area contributed by atoms with Crippen LogP contribution >= 0.6 is 0 Å². The van der Waals surface area contributed by atoms with E-state index in [2.05, 4.69) is 79.7 Å². The average Bonchev–Trinajstić information content (AvgIpc) is 2.88. The smallest absolute Gasteiger partial charge is 0.120 e. The zero-order valence-electron chi connectivity index (χ0n) is 21.0. The molecular formula is C33H40O. The molecule has 1 heteroatoms. The normalized spacial score (nSPS) is 18.8. The van der Waals surface area contributed by atoms with Gasteiger partial charge in [-0.2, -0.15) is 0 Å². The molecule has 34 heavy (non-hydrogen) atoms. The largest absolute Gasteiger partial charge is 0.490 e. The van der Waals surface area contributed by atoms with Gasteiger partial charge in [-0.05, 0) is 103 Å². The average molecular weight is 453 g/mol. The van der Waals surface area contributed by atoms with Gasteiger partial charge in [-0.15, -0.1) is 0 Å². The first-order chi connectivity index (χ1) is 16.7. The molecule has 1 saturated carbocycles. The number of allylic oxidation sites excluding steroid dienone is 3. The van der Waals surface area contributed by atoms with Crippen LogP contribution in [-0.4, -0.2) is 6.61 Å². The van der Waals surface area contributed by atoms with Crippen LogP contribution in [-0.2, 0) is 12.8 Å². The van der Waals surface area contributed by atoms with Gasteiger partial charge in [0.1, 0.15) is 12.4 Å². The fraction of sp³-hybridized carbons (Fsp3) is 0.394. The van der Waals surface area contributed by atoms with Crippen molar-refractivity contribution in [1.29, 1.82) is 0 Å². The Balaban J connectivity index is 1.29. The van der Waals surface area contributed by atoms with E-state index in [1.54, 1.807) is 0 Å². The second kappa shape index (κ2) is 12.6. The molecule has 1 nitrogen and oxygen atoms in total. The Bertz CT molecular complexity index is 1080. The number of ether oxygens (including phenoxy) is 1. The van der Waals surface area contributed by atoms with E-state index >= 15 is 0 Å². The number of hydrogen-bond acceptors (Lipinski definition) is 1. The summed E-state index contributed by atoms with van der Waals surface area (Å²) in [4.78, 5) is 0. The lowest BCUT2D eigenvalue weighted by Gasteiger charge is -2.27. The van der Waals surface area contributed by atoms with Gasteiger partial charge in [0.05, 0.1) is 0 Å². The number of unbranched alkanes of at least 4 members (excludes halogenated alkanes) is 1. The summed E-state index contributed by atoms with van der Waals surface area (Å²) in [6.45, 7) is 4.89. The summed E-state index contributed by atoms with van der Waals surface area (Å²) in [5.41, 5.74) is 4.37. The molecule has 0 bridgehead atoms. The van der Waals surface area contributed by atoms with Crippen LogP contribution in [0.3, 0.4) is 0 Å². The zero-order valence-corrected chi connectivity index (χ0v) is 21.0. The van der Waals surface area contributed by atoms with Gasteiger partial charge in [-0.1, -0.05) is 86.2 Å². The second-order valence-corrected chi connectivity index (χ2v) is 9.79. The highest BCUT2D eigenvalue weighted by atomic mass is 16.5. The number of benzene rings is 3. The van der Waals surface area contributed by atoms with Crippen molar-refractivity contribution >= 4 is 10.8 Å². The van der Waals surface area contributed by atoms with Crippen LogP contribution in [0.2, 0.25) is 0 Å². The van der Waals surface area contributed by atoms with E-state index < -0.39 is 0 Å². The van der Waals surface area contributed by atoms with E-state index in [1.807, 2.05) is 19.1 Å². The molecule has 0 radical (unpaired) electrons. The molecule has 3 aromatic carbocycles. The maximum atomic E-state index is 5.78. The van der Waals surface area contributed by atoms with E-state index in [-0.39, 0.29) is 0 Å². The molecule has 0 N–H and O–H groups in total. The molecule has 0 aliphatic heterocycles. The maximum absolute atomic E-state index is 5.78. The molecule has 0 heterocycles. The molecule has 0 atom stereocenters. The van der Waals surface area contributed by atoms with E-state index in [1.165, 1.54) is 66.0 Å². The third-order valence-corrected chi connectivity index (χ3v) is 7.25. The van der Waals surface area contributed by atoms with Gasteiger partial charge in [0, 0.05) is 0 Å². The molecule has 1 aliphatic carbocycles. The summed E-state index contributed by atoms with van der Waals surface area (Å²) in [7, 11) is 0. The summed E-state index contributed by atoms with van der Waals surface area (Å²) in [5.74, 6) is 2.48. The van der Waals surface area contributed by atoms with Gasteiger partial charge < -0.3 is 4.74 Å². The van der Waals surface area contributed by atoms with E-state index in [0.29, 0.717) is 6.61 Å². The van der Waals surface area contributed by atoms with Crippen molar-refractivity contribution in [3.63, 3.8) is 0 Å². The molecule has 1 aliphatic rings. The Morgan fingerprint density at radius 2 is 1.50 bits per heavy atom. The van der Waals surface area contributed by atoms with Gasteiger partial charge >= 0.3 is 0 Å². The molecule has 178 valence electrons. The van der Waals surface area contributed by atoms with Crippen LogP contribution in [0.25, 0.3) is 10.8 Å². The van der Waals surface area contributed by atoms with Crippen LogP contribution in [0.1, 0.15) is 75.0 Å². The van der Waals surface area contributed by atoms with Crippen molar-refractivity contribution in [3.05, 3.63) is 102 Å². The minimum Gasteiger partial charge on any atom is -0.490 e. The Morgan fingerprint density at radius 1 is 0.794 bits per heavy atom. The minimum absolute atomic E-state index is 0.622. The van der Waals surface area contributed by atoms with Crippen molar-refractivity contribution < 1.29 is 4.74 Å². The molecule has 0 spiro atoms. The van der Waals surface area contributed by atoms with Crippen LogP contribution in [0.5, 0.6) is 5.75 Å². The highest BCUT2D eigenvalue weighted by Crippen LogP contribution is 2.36. The first kappa shape index (κ1) is 24.3. The lowest BCUT2D eigenvalue weighted by Crippen LogP contribution is -2.11. The fourth-order valence-corrected chi connectivity index (χ4v) is 5.10. The number of hydrogen-bond donors (Lipinski definition) is 0. The molecular weight excluding hydrogens is 412 g/mol. The van der Waals surface area contributed by atoms with Crippen molar-refractivity contribution in [3.8, 4) is 5.75 Å². The van der Waals surface area contributed by atoms with Gasteiger partial charge in [0.15, 0.2) is 0 Å². The quantitative estimate of drug-likeness (QED) is 0.279. The van der Waals surface area contributed by atoms with Crippen molar-refractivity contribution in [2.45, 2.75) is 71.1 Å². The summed E-state index contributed by atoms with van der Waals surface area (Å²) < 4.78 is 5.78. The first-order valence-corrected chi connectivity index (χ1v) is 13.3. The molecule has 0 amide bonds. The van der Waals surface area contributed by atoms with E-state index in [9.17, 15) is 0 Å². The molecule has 0 unspecified atom stereocenters. The number of aryl methyl sites for hydroxylation is 2. The lowest BCUT2D eigenvalue weighted by molar-refractivity contribution is 0.363. The van der Waals surface area contributed by atoms with Crippen LogP contribution < -0.4 is 4.74 Å². The molecule has 0 saturated heterocycles. The van der Waals surface area contributed by atoms with Gasteiger partial charge in [-0.3, -0.25) is 0 Å². The van der Waals surface area contributed by atoms with Gasteiger partial charge in [0.25, 0.3) is 0 Å².